The summed E-state index contributed by atoms with van der Waals surface area (Å²) in [6, 6.07) is 4.14. The van der Waals surface area contributed by atoms with E-state index in [9.17, 15) is 13.5 Å². The monoisotopic (exact) mass is 315 g/mol. The van der Waals surface area contributed by atoms with E-state index >= 15 is 0 Å². The topological polar surface area (TPSA) is 84.2 Å². The van der Waals surface area contributed by atoms with Crippen LogP contribution in [0.4, 0.5) is 5.69 Å². The van der Waals surface area contributed by atoms with Gasteiger partial charge < -0.3 is 5.11 Å². The highest BCUT2D eigenvalue weighted by atomic mass is 35.5. The van der Waals surface area contributed by atoms with Crippen LogP contribution in [0.5, 0.6) is 5.75 Å². The van der Waals surface area contributed by atoms with E-state index in [0.29, 0.717) is 11.4 Å². The SMILES string of the molecule is Cc1nn(C)c(C)c1S(=O)(=O)Nc1ccc(Cl)c(O)c1. The highest BCUT2D eigenvalue weighted by Gasteiger charge is 2.24. The van der Waals surface area contributed by atoms with Crippen molar-refractivity contribution in [2.75, 3.05) is 4.72 Å². The van der Waals surface area contributed by atoms with E-state index in [2.05, 4.69) is 9.82 Å². The average molecular weight is 316 g/mol. The van der Waals surface area contributed by atoms with Crippen molar-refractivity contribution in [1.29, 1.82) is 0 Å². The number of nitrogens with one attached hydrogen (secondary N) is 1. The fourth-order valence-corrected chi connectivity index (χ4v) is 3.53. The van der Waals surface area contributed by atoms with Gasteiger partial charge in [-0.15, -0.1) is 0 Å². The molecule has 0 unspecified atom stereocenters. The molecule has 0 aliphatic carbocycles. The van der Waals surface area contributed by atoms with Crippen LogP contribution in [0.2, 0.25) is 5.02 Å². The Morgan fingerprint density at radius 1 is 1.35 bits per heavy atom. The third-order valence-electron chi connectivity index (χ3n) is 2.91. The number of phenolic OH excluding ortho intramolecular Hbond substituents is 1. The number of anilines is 1. The molecule has 2 rings (SSSR count). The second-order valence-electron chi connectivity index (χ2n) is 4.40. The van der Waals surface area contributed by atoms with Crippen molar-refractivity contribution < 1.29 is 13.5 Å². The minimum absolute atomic E-state index is 0.134. The fraction of sp³-hybridized carbons (Fsp3) is 0.250. The second-order valence-corrected chi connectivity index (χ2v) is 6.42. The first-order chi connectivity index (χ1) is 9.22. The highest BCUT2D eigenvalue weighted by molar-refractivity contribution is 7.92. The average Bonchev–Trinajstić information content (AvgIpc) is 2.58. The molecule has 0 atom stereocenters. The molecule has 0 saturated heterocycles. The largest absolute Gasteiger partial charge is 0.506 e. The number of sulfonamides is 1. The van der Waals surface area contributed by atoms with E-state index in [1.165, 1.54) is 22.9 Å². The molecule has 1 aromatic carbocycles. The number of nitrogens with zero attached hydrogens (tertiary/aromatic N) is 2. The molecule has 8 heteroatoms. The van der Waals surface area contributed by atoms with Crippen LogP contribution in [0.1, 0.15) is 11.4 Å². The first kappa shape index (κ1) is 14.7. The smallest absolute Gasteiger partial charge is 0.265 e. The Balaban J connectivity index is 2.43. The van der Waals surface area contributed by atoms with E-state index in [4.69, 9.17) is 11.6 Å². The highest BCUT2D eigenvalue weighted by Crippen LogP contribution is 2.28. The molecule has 0 radical (unpaired) electrons. The fourth-order valence-electron chi connectivity index (χ4n) is 1.93. The molecule has 2 N–H and O–H groups in total. The summed E-state index contributed by atoms with van der Waals surface area (Å²) in [5.74, 6) is -0.188. The number of hydrogen-bond donors (Lipinski definition) is 2. The van der Waals surface area contributed by atoms with Crippen molar-refractivity contribution in [3.63, 3.8) is 0 Å². The Kier molecular flexibility index (Phi) is 3.66. The van der Waals surface area contributed by atoms with Crippen molar-refractivity contribution in [2.24, 2.45) is 7.05 Å². The van der Waals surface area contributed by atoms with E-state index in [0.717, 1.165) is 0 Å². The molecule has 2 aromatic rings. The van der Waals surface area contributed by atoms with Gasteiger partial charge in [-0.05, 0) is 26.0 Å². The molecule has 108 valence electrons. The summed E-state index contributed by atoms with van der Waals surface area (Å²) in [5, 5.41) is 13.7. The van der Waals surface area contributed by atoms with Gasteiger partial charge in [-0.3, -0.25) is 9.40 Å². The third-order valence-corrected chi connectivity index (χ3v) is 4.86. The maximum absolute atomic E-state index is 12.4. The quantitative estimate of drug-likeness (QED) is 0.909. The van der Waals surface area contributed by atoms with E-state index in [1.807, 2.05) is 0 Å². The predicted molar refractivity (Wildman–Crippen MR) is 76.6 cm³/mol. The Morgan fingerprint density at radius 3 is 2.50 bits per heavy atom. The standard InChI is InChI=1S/C12H14ClN3O3S/c1-7-12(8(2)16(3)14-7)20(18,19)15-9-4-5-10(13)11(17)6-9/h4-6,15,17H,1-3H3. The van der Waals surface area contributed by atoms with E-state index < -0.39 is 10.0 Å². The summed E-state index contributed by atoms with van der Waals surface area (Å²) in [6.45, 7) is 3.30. The van der Waals surface area contributed by atoms with Crippen molar-refractivity contribution in [1.82, 2.24) is 9.78 Å². The molecule has 0 amide bonds. The number of benzene rings is 1. The lowest BCUT2D eigenvalue weighted by molar-refractivity contribution is 0.476. The van der Waals surface area contributed by atoms with Gasteiger partial charge >= 0.3 is 0 Å². The van der Waals surface area contributed by atoms with Crippen LogP contribution in [0.25, 0.3) is 0 Å². The Hall–Kier alpha value is -1.73. The second kappa shape index (κ2) is 4.99. The first-order valence-electron chi connectivity index (χ1n) is 5.74. The maximum Gasteiger partial charge on any atom is 0.265 e. The molecule has 0 fully saturated rings. The summed E-state index contributed by atoms with van der Waals surface area (Å²) in [7, 11) is -2.09. The lowest BCUT2D eigenvalue weighted by Gasteiger charge is -2.09. The Morgan fingerprint density at radius 2 is 2.00 bits per heavy atom. The number of phenols is 1. The van der Waals surface area contributed by atoms with Crippen LogP contribution in [0, 0.1) is 13.8 Å². The van der Waals surface area contributed by atoms with Crippen LogP contribution in [-0.4, -0.2) is 23.3 Å². The lowest BCUT2D eigenvalue weighted by atomic mass is 10.3. The summed E-state index contributed by atoms with van der Waals surface area (Å²) < 4.78 is 28.6. The van der Waals surface area contributed by atoms with Crippen LogP contribution in [0.3, 0.4) is 0 Å². The van der Waals surface area contributed by atoms with Gasteiger partial charge in [-0.25, -0.2) is 8.42 Å². The lowest BCUT2D eigenvalue weighted by Crippen LogP contribution is -2.14. The Bertz CT molecular complexity index is 768. The zero-order chi connectivity index (χ0) is 15.1. The van der Waals surface area contributed by atoms with Gasteiger partial charge in [0.05, 0.1) is 22.1 Å². The molecule has 0 saturated carbocycles. The zero-order valence-corrected chi connectivity index (χ0v) is 12.7. The van der Waals surface area contributed by atoms with Gasteiger partial charge in [-0.2, -0.15) is 5.10 Å². The van der Waals surface area contributed by atoms with E-state index in [-0.39, 0.29) is 21.4 Å². The molecule has 20 heavy (non-hydrogen) atoms. The van der Waals surface area contributed by atoms with Crippen LogP contribution in [0.15, 0.2) is 23.1 Å². The summed E-state index contributed by atoms with van der Waals surface area (Å²) in [4.78, 5) is 0.134. The van der Waals surface area contributed by atoms with Gasteiger partial charge in [0.1, 0.15) is 10.6 Å². The van der Waals surface area contributed by atoms with Crippen LogP contribution >= 0.6 is 11.6 Å². The molecule has 6 nitrogen and oxygen atoms in total. The number of aryl methyl sites for hydroxylation is 2. The van der Waals surface area contributed by atoms with Gasteiger partial charge in [0.15, 0.2) is 0 Å². The van der Waals surface area contributed by atoms with Crippen molar-refractivity contribution in [3.05, 3.63) is 34.6 Å². The first-order valence-corrected chi connectivity index (χ1v) is 7.60. The molecule has 0 bridgehead atoms. The molecular formula is C12H14ClN3O3S. The molecule has 0 spiro atoms. The number of aromatic hydroxyl groups is 1. The number of halogens is 1. The minimum Gasteiger partial charge on any atom is -0.506 e. The molecule has 1 heterocycles. The zero-order valence-electron chi connectivity index (χ0n) is 11.2. The van der Waals surface area contributed by atoms with Gasteiger partial charge in [0.25, 0.3) is 10.0 Å². The predicted octanol–water partition coefficient (Wildman–Crippen LogP) is 2.20. The third kappa shape index (κ3) is 2.59. The minimum atomic E-state index is -3.77. The van der Waals surface area contributed by atoms with Crippen molar-refractivity contribution >= 4 is 27.3 Å². The normalized spacial score (nSPS) is 11.6. The van der Waals surface area contributed by atoms with Gasteiger partial charge in [0, 0.05) is 13.1 Å². The molecule has 0 aliphatic rings. The molecule has 0 aliphatic heterocycles. The van der Waals surface area contributed by atoms with Crippen LogP contribution < -0.4 is 4.72 Å². The summed E-state index contributed by atoms with van der Waals surface area (Å²) >= 11 is 5.68. The molecule has 1 aromatic heterocycles. The van der Waals surface area contributed by atoms with Crippen molar-refractivity contribution in [2.45, 2.75) is 18.7 Å². The van der Waals surface area contributed by atoms with Crippen molar-refractivity contribution in [3.8, 4) is 5.75 Å². The number of rotatable bonds is 3. The number of aromatic nitrogens is 2. The molecular weight excluding hydrogens is 302 g/mol. The van der Waals surface area contributed by atoms with Crippen LogP contribution in [-0.2, 0) is 17.1 Å². The van der Waals surface area contributed by atoms with Gasteiger partial charge in [-0.1, -0.05) is 11.6 Å². The summed E-state index contributed by atoms with van der Waals surface area (Å²) in [6.07, 6.45) is 0. The Labute approximate surface area is 122 Å². The number of hydrogen-bond acceptors (Lipinski definition) is 4. The van der Waals surface area contributed by atoms with Gasteiger partial charge in [0.2, 0.25) is 0 Å². The maximum atomic E-state index is 12.4. The summed E-state index contributed by atoms with van der Waals surface area (Å²) in [5.41, 5.74) is 1.18. The van der Waals surface area contributed by atoms with E-state index in [1.54, 1.807) is 20.9 Å².